The number of benzene rings is 2. The molecule has 4 heteroatoms. The molecule has 0 spiro atoms. The van der Waals surface area contributed by atoms with Gasteiger partial charge in [-0.2, -0.15) is 0 Å². The maximum Gasteiger partial charge on any atom is 0.123 e. The molecule has 1 aromatic heterocycles. The van der Waals surface area contributed by atoms with E-state index in [1.807, 2.05) is 38.4 Å². The average Bonchev–Trinajstić information content (AvgIpc) is 3.18. The molecule has 2 aliphatic rings. The minimum Gasteiger partial charge on any atom is -0.386 e. The Morgan fingerprint density at radius 1 is 1.18 bits per heavy atom. The second-order valence-corrected chi connectivity index (χ2v) is 10.7. The molecule has 0 amide bonds. The van der Waals surface area contributed by atoms with Gasteiger partial charge in [0.2, 0.25) is 0 Å². The van der Waals surface area contributed by atoms with Gasteiger partial charge in [0.05, 0.1) is 23.3 Å². The number of allylic oxidation sites excluding steroid dienone is 1. The summed E-state index contributed by atoms with van der Waals surface area (Å²) in [4.78, 5) is 4.72. The molecule has 1 aliphatic carbocycles. The van der Waals surface area contributed by atoms with Crippen molar-refractivity contribution in [2.75, 3.05) is 0 Å². The van der Waals surface area contributed by atoms with Gasteiger partial charge in [0.25, 0.3) is 0 Å². The van der Waals surface area contributed by atoms with E-state index in [1.54, 1.807) is 0 Å². The number of hydrogen-bond acceptors (Lipinski definition) is 2. The van der Waals surface area contributed by atoms with Gasteiger partial charge in [0, 0.05) is 17.5 Å². The van der Waals surface area contributed by atoms with E-state index in [4.69, 9.17) is 4.98 Å². The molecule has 1 unspecified atom stereocenters. The van der Waals surface area contributed by atoms with Crippen molar-refractivity contribution in [2.45, 2.75) is 65.0 Å². The van der Waals surface area contributed by atoms with Gasteiger partial charge < -0.3 is 9.67 Å². The van der Waals surface area contributed by atoms with E-state index in [2.05, 4.69) is 42.7 Å². The maximum absolute atomic E-state index is 13.4. The summed E-state index contributed by atoms with van der Waals surface area (Å²) in [5.41, 5.74) is 5.98. The minimum atomic E-state index is -0.843. The molecule has 172 valence electrons. The van der Waals surface area contributed by atoms with Crippen LogP contribution in [0.25, 0.3) is 17.3 Å². The van der Waals surface area contributed by atoms with Gasteiger partial charge in [-0.25, -0.2) is 9.37 Å². The summed E-state index contributed by atoms with van der Waals surface area (Å²) in [7, 11) is 0. The van der Waals surface area contributed by atoms with Crippen LogP contribution in [0, 0.1) is 17.2 Å². The van der Waals surface area contributed by atoms with E-state index in [-0.39, 0.29) is 11.2 Å². The molecule has 3 aromatic rings. The van der Waals surface area contributed by atoms with Gasteiger partial charge in [-0.1, -0.05) is 43.7 Å². The molecule has 1 aliphatic heterocycles. The van der Waals surface area contributed by atoms with Crippen molar-refractivity contribution in [3.63, 3.8) is 0 Å². The molecule has 0 bridgehead atoms. The summed E-state index contributed by atoms with van der Waals surface area (Å²) in [6.45, 7) is 9.36. The Bertz CT molecular complexity index is 1200. The Morgan fingerprint density at radius 3 is 2.67 bits per heavy atom. The number of hydrogen-bond donors (Lipinski definition) is 1. The number of aromatic nitrogens is 2. The lowest BCUT2D eigenvalue weighted by atomic mass is 9.58. The van der Waals surface area contributed by atoms with Crippen LogP contribution >= 0.6 is 0 Å². The largest absolute Gasteiger partial charge is 0.386 e. The summed E-state index contributed by atoms with van der Waals surface area (Å²) >= 11 is 0. The van der Waals surface area contributed by atoms with Crippen molar-refractivity contribution in [1.29, 1.82) is 0 Å². The highest BCUT2D eigenvalue weighted by Crippen LogP contribution is 2.54. The number of halogens is 1. The molecule has 2 aromatic carbocycles. The van der Waals surface area contributed by atoms with Crippen molar-refractivity contribution < 1.29 is 9.50 Å². The predicted octanol–water partition coefficient (Wildman–Crippen LogP) is 6.92. The van der Waals surface area contributed by atoms with Crippen molar-refractivity contribution >= 4 is 6.08 Å². The Labute approximate surface area is 196 Å². The monoisotopic (exact) mass is 444 g/mol. The number of nitrogens with zero attached hydrogens (tertiary/aromatic N) is 2. The van der Waals surface area contributed by atoms with Crippen LogP contribution in [-0.4, -0.2) is 14.7 Å². The third-order valence-electron chi connectivity index (χ3n) is 8.04. The fraction of sp³-hybridized carbons (Fsp3) is 0.414. The minimum absolute atomic E-state index is 0.0518. The molecule has 3 nitrogen and oxygen atoms in total. The van der Waals surface area contributed by atoms with E-state index < -0.39 is 5.60 Å². The molecule has 33 heavy (non-hydrogen) atoms. The van der Waals surface area contributed by atoms with Gasteiger partial charge in [-0.05, 0) is 86.4 Å². The molecule has 2 heterocycles. The third kappa shape index (κ3) is 3.85. The van der Waals surface area contributed by atoms with Crippen LogP contribution in [-0.2, 0) is 12.1 Å². The van der Waals surface area contributed by atoms with E-state index in [9.17, 15) is 9.50 Å². The predicted molar refractivity (Wildman–Crippen MR) is 131 cm³/mol. The number of aliphatic hydroxyl groups is 1. The fourth-order valence-corrected chi connectivity index (χ4v) is 6.07. The van der Waals surface area contributed by atoms with Crippen molar-refractivity contribution in [3.05, 3.63) is 83.1 Å². The average molecular weight is 445 g/mol. The second kappa shape index (κ2) is 7.95. The van der Waals surface area contributed by atoms with E-state index in [1.165, 1.54) is 36.1 Å². The molecule has 1 N–H and O–H groups in total. The van der Waals surface area contributed by atoms with Gasteiger partial charge in [-0.3, -0.25) is 0 Å². The summed E-state index contributed by atoms with van der Waals surface area (Å²) in [6, 6.07) is 15.1. The first kappa shape index (κ1) is 22.1. The maximum atomic E-state index is 13.4. The zero-order valence-corrected chi connectivity index (χ0v) is 20.0. The Balaban J connectivity index is 1.50. The van der Waals surface area contributed by atoms with Crippen molar-refractivity contribution in [1.82, 2.24) is 9.55 Å². The van der Waals surface area contributed by atoms with Gasteiger partial charge in [0.15, 0.2) is 0 Å². The summed E-state index contributed by atoms with van der Waals surface area (Å²) in [5.74, 6) is 0.650. The molecule has 0 radical (unpaired) electrons. The zero-order valence-electron chi connectivity index (χ0n) is 20.0. The quantitative estimate of drug-likeness (QED) is 0.474. The van der Waals surface area contributed by atoms with Crippen LogP contribution in [0.15, 0.2) is 60.4 Å². The standard InChI is InChI=1S/C29H33FN2O/c1-19(21-7-5-8-22(15-21)28(2,3)33)25-10-6-9-23-16-26-27(20-11-13-24(30)14-12-20)31-18-32(26)17-29(23,25)4/h5,7-8,11-16,18-19,25,33H,6,9-10,17H2,1-4H3/t19?,25-,29+/m1/s1. The SMILES string of the molecule is CC(c1cccc(C(C)(C)O)c1)[C@H]1CCCC2=Cc3c(-c4ccc(F)cc4)ncn3C[C@@]21C. The zero-order chi connectivity index (χ0) is 23.4. The van der Waals surface area contributed by atoms with Crippen LogP contribution in [0.3, 0.4) is 0 Å². The molecular weight excluding hydrogens is 411 g/mol. The van der Waals surface area contributed by atoms with Crippen LogP contribution in [0.5, 0.6) is 0 Å². The molecule has 5 rings (SSSR count). The lowest BCUT2D eigenvalue weighted by molar-refractivity contribution is 0.0783. The fourth-order valence-electron chi connectivity index (χ4n) is 6.07. The van der Waals surface area contributed by atoms with Crippen LogP contribution in [0.2, 0.25) is 0 Å². The van der Waals surface area contributed by atoms with Crippen LogP contribution < -0.4 is 0 Å². The second-order valence-electron chi connectivity index (χ2n) is 10.7. The van der Waals surface area contributed by atoms with Gasteiger partial charge in [-0.15, -0.1) is 0 Å². The lowest BCUT2D eigenvalue weighted by Crippen LogP contribution is -2.41. The van der Waals surface area contributed by atoms with E-state index >= 15 is 0 Å². The van der Waals surface area contributed by atoms with Gasteiger partial charge in [0.1, 0.15) is 5.82 Å². The number of rotatable bonds is 4. The van der Waals surface area contributed by atoms with Crippen molar-refractivity contribution in [2.24, 2.45) is 11.3 Å². The van der Waals surface area contributed by atoms with Crippen molar-refractivity contribution in [3.8, 4) is 11.3 Å². The highest BCUT2D eigenvalue weighted by Gasteiger charge is 2.45. The van der Waals surface area contributed by atoms with Gasteiger partial charge >= 0.3 is 0 Å². The Kier molecular flexibility index (Phi) is 5.32. The summed E-state index contributed by atoms with van der Waals surface area (Å²) in [5, 5.41) is 10.5. The van der Waals surface area contributed by atoms with E-state index in [0.717, 1.165) is 35.5 Å². The van der Waals surface area contributed by atoms with Crippen LogP contribution in [0.4, 0.5) is 4.39 Å². The normalized spacial score (nSPS) is 23.5. The highest BCUT2D eigenvalue weighted by atomic mass is 19.1. The first-order valence-corrected chi connectivity index (χ1v) is 12.0. The molecule has 1 saturated carbocycles. The topological polar surface area (TPSA) is 38.1 Å². The number of fused-ring (bicyclic) bond motifs is 2. The van der Waals surface area contributed by atoms with Crippen LogP contribution in [0.1, 0.15) is 69.7 Å². The third-order valence-corrected chi connectivity index (χ3v) is 8.04. The first-order chi connectivity index (χ1) is 15.7. The molecule has 1 fully saturated rings. The molecular formula is C29H33FN2O. The summed E-state index contributed by atoms with van der Waals surface area (Å²) < 4.78 is 15.7. The molecule has 0 saturated heterocycles. The number of imidazole rings is 1. The summed E-state index contributed by atoms with van der Waals surface area (Å²) in [6.07, 6.45) is 7.77. The Hall–Kier alpha value is -2.72. The van der Waals surface area contributed by atoms with E-state index in [0.29, 0.717) is 11.8 Å². The smallest absolute Gasteiger partial charge is 0.123 e. The molecule has 3 atom stereocenters. The first-order valence-electron chi connectivity index (χ1n) is 12.0. The lowest BCUT2D eigenvalue weighted by Gasteiger charge is -2.49. The highest BCUT2D eigenvalue weighted by molar-refractivity contribution is 5.72. The Morgan fingerprint density at radius 2 is 1.94 bits per heavy atom.